The number of benzene rings is 1. The maximum absolute atomic E-state index is 5.84. The Morgan fingerprint density at radius 3 is 2.80 bits per heavy atom. The summed E-state index contributed by atoms with van der Waals surface area (Å²) in [5.41, 5.74) is 2.10. The predicted octanol–water partition coefficient (Wildman–Crippen LogP) is 3.44. The molecule has 0 spiro atoms. The van der Waals surface area contributed by atoms with Crippen LogP contribution in [-0.2, 0) is 6.54 Å². The molecule has 20 heavy (non-hydrogen) atoms. The van der Waals surface area contributed by atoms with Crippen molar-refractivity contribution < 1.29 is 4.74 Å². The Morgan fingerprint density at radius 2 is 2.15 bits per heavy atom. The van der Waals surface area contributed by atoms with Gasteiger partial charge in [-0.1, -0.05) is 13.0 Å². The second-order valence-corrected chi connectivity index (χ2v) is 5.68. The van der Waals surface area contributed by atoms with Gasteiger partial charge in [0.2, 0.25) is 0 Å². The van der Waals surface area contributed by atoms with Crippen LogP contribution in [0.5, 0.6) is 5.75 Å². The number of rotatable bonds is 6. The highest BCUT2D eigenvalue weighted by Gasteiger charge is 2.10. The van der Waals surface area contributed by atoms with Crippen LogP contribution < -0.4 is 4.74 Å². The molecule has 4 nitrogen and oxygen atoms in total. The molecule has 0 atom stereocenters. The molecule has 2 aromatic rings. The molecule has 0 bridgehead atoms. The average Bonchev–Trinajstić information content (AvgIpc) is 2.72. The molecule has 0 unspecified atom stereocenters. The third-order valence-corrected chi connectivity index (χ3v) is 3.70. The van der Waals surface area contributed by atoms with Crippen LogP contribution in [0.1, 0.15) is 20.8 Å². The number of aromatic amines is 1. The number of H-pyrrole nitrogens is 1. The van der Waals surface area contributed by atoms with Gasteiger partial charge in [0.15, 0.2) is 4.77 Å². The van der Waals surface area contributed by atoms with Crippen LogP contribution in [0.2, 0.25) is 0 Å². The number of imidazole rings is 1. The van der Waals surface area contributed by atoms with Crippen LogP contribution in [0.25, 0.3) is 11.0 Å². The first-order chi connectivity index (χ1) is 9.52. The first-order valence-corrected chi connectivity index (χ1v) is 7.50. The minimum atomic E-state index is 0.150. The van der Waals surface area contributed by atoms with Gasteiger partial charge >= 0.3 is 0 Å². The van der Waals surface area contributed by atoms with Crippen molar-refractivity contribution in [1.82, 2.24) is 14.5 Å². The van der Waals surface area contributed by atoms with Gasteiger partial charge in [0.25, 0.3) is 0 Å². The molecule has 0 saturated heterocycles. The van der Waals surface area contributed by atoms with Crippen LogP contribution in [0, 0.1) is 4.77 Å². The van der Waals surface area contributed by atoms with E-state index in [1.165, 1.54) is 0 Å². The lowest BCUT2D eigenvalue weighted by Gasteiger charge is -2.14. The number of hydrogen-bond acceptors (Lipinski definition) is 3. The summed E-state index contributed by atoms with van der Waals surface area (Å²) < 4.78 is 8.74. The van der Waals surface area contributed by atoms with Gasteiger partial charge in [-0.15, -0.1) is 0 Å². The fourth-order valence-electron chi connectivity index (χ4n) is 2.16. The molecule has 1 N–H and O–H groups in total. The highest BCUT2D eigenvalue weighted by Crippen LogP contribution is 2.25. The van der Waals surface area contributed by atoms with E-state index in [2.05, 4.69) is 34.5 Å². The van der Waals surface area contributed by atoms with Crippen LogP contribution in [0.3, 0.4) is 0 Å². The lowest BCUT2D eigenvalue weighted by Crippen LogP contribution is -2.22. The van der Waals surface area contributed by atoms with Gasteiger partial charge in [-0.05, 0) is 51.8 Å². The summed E-state index contributed by atoms with van der Waals surface area (Å²) in [4.78, 5) is 5.55. The van der Waals surface area contributed by atoms with Crippen molar-refractivity contribution >= 4 is 23.3 Å². The molecule has 0 amide bonds. The fraction of sp³-hybridized carbons (Fsp3) is 0.533. The number of likely N-dealkylation sites (N-methyl/N-ethyl adjacent to an activating group) is 1. The molecule has 0 radical (unpaired) electrons. The average molecular weight is 293 g/mol. The quantitative estimate of drug-likeness (QED) is 0.828. The van der Waals surface area contributed by atoms with E-state index in [0.29, 0.717) is 0 Å². The van der Waals surface area contributed by atoms with Gasteiger partial charge < -0.3 is 19.2 Å². The van der Waals surface area contributed by atoms with E-state index < -0.39 is 0 Å². The Balaban J connectivity index is 2.36. The summed E-state index contributed by atoms with van der Waals surface area (Å²) in [5, 5.41) is 0. The van der Waals surface area contributed by atoms with Crippen LogP contribution in [-0.4, -0.2) is 40.7 Å². The van der Waals surface area contributed by atoms with Crippen LogP contribution in [0.15, 0.2) is 18.2 Å². The van der Waals surface area contributed by atoms with Gasteiger partial charge in [-0.3, -0.25) is 0 Å². The largest absolute Gasteiger partial charge is 0.489 e. The molecule has 0 aliphatic heterocycles. The van der Waals surface area contributed by atoms with Crippen LogP contribution in [0.4, 0.5) is 0 Å². The van der Waals surface area contributed by atoms with E-state index in [0.717, 1.165) is 41.2 Å². The lowest BCUT2D eigenvalue weighted by atomic mass is 10.3. The Kier molecular flexibility index (Phi) is 4.83. The van der Waals surface area contributed by atoms with Crippen molar-refractivity contribution in [2.45, 2.75) is 33.4 Å². The Labute approximate surface area is 125 Å². The number of hydrogen-bond donors (Lipinski definition) is 1. The molecule has 2 rings (SSSR count). The fourth-order valence-corrected chi connectivity index (χ4v) is 2.45. The van der Waals surface area contributed by atoms with Crippen molar-refractivity contribution in [2.24, 2.45) is 0 Å². The minimum Gasteiger partial charge on any atom is -0.489 e. The maximum atomic E-state index is 5.84. The van der Waals surface area contributed by atoms with E-state index >= 15 is 0 Å². The molecule has 0 aliphatic rings. The molecule has 0 aliphatic carbocycles. The van der Waals surface area contributed by atoms with E-state index in [1.54, 1.807) is 0 Å². The molecule has 0 fully saturated rings. The summed E-state index contributed by atoms with van der Waals surface area (Å²) in [6.45, 7) is 9.11. The van der Waals surface area contributed by atoms with Gasteiger partial charge in [-0.2, -0.15) is 0 Å². The number of nitrogens with zero attached hydrogens (tertiary/aromatic N) is 2. The summed E-state index contributed by atoms with van der Waals surface area (Å²) in [6, 6.07) is 6.08. The standard InChI is InChI=1S/C15H23N3OS/c1-5-17(4)9-10-18-12-7-6-8-13(19-11(2)3)14(12)16-15(18)20/h6-8,11H,5,9-10H2,1-4H3,(H,16,20). The first kappa shape index (κ1) is 15.1. The van der Waals surface area contributed by atoms with E-state index in [9.17, 15) is 0 Å². The summed E-state index contributed by atoms with van der Waals surface area (Å²) >= 11 is 5.45. The van der Waals surface area contributed by atoms with Crippen LogP contribution >= 0.6 is 12.2 Å². The lowest BCUT2D eigenvalue weighted by molar-refractivity contribution is 0.245. The molecule has 1 heterocycles. The SMILES string of the molecule is CCN(C)CCn1c(=S)[nH]c2c(OC(C)C)cccc21. The third kappa shape index (κ3) is 3.22. The maximum Gasteiger partial charge on any atom is 0.178 e. The number of fused-ring (bicyclic) bond motifs is 1. The molecule has 110 valence electrons. The van der Waals surface area contributed by atoms with Crippen molar-refractivity contribution in [3.8, 4) is 5.75 Å². The van der Waals surface area contributed by atoms with E-state index in [-0.39, 0.29) is 6.10 Å². The minimum absolute atomic E-state index is 0.150. The smallest absolute Gasteiger partial charge is 0.178 e. The Morgan fingerprint density at radius 1 is 1.40 bits per heavy atom. The second-order valence-electron chi connectivity index (χ2n) is 5.29. The van der Waals surface area contributed by atoms with E-state index in [1.807, 2.05) is 26.0 Å². The van der Waals surface area contributed by atoms with Crippen molar-refractivity contribution in [2.75, 3.05) is 20.1 Å². The van der Waals surface area contributed by atoms with Crippen molar-refractivity contribution in [1.29, 1.82) is 0 Å². The zero-order valence-electron chi connectivity index (χ0n) is 12.6. The zero-order valence-corrected chi connectivity index (χ0v) is 13.5. The number of aromatic nitrogens is 2. The third-order valence-electron chi connectivity index (χ3n) is 3.38. The number of para-hydroxylation sites is 1. The normalized spacial score (nSPS) is 11.7. The van der Waals surface area contributed by atoms with E-state index in [4.69, 9.17) is 17.0 Å². The summed E-state index contributed by atoms with van der Waals surface area (Å²) in [5.74, 6) is 0.867. The van der Waals surface area contributed by atoms with Gasteiger partial charge in [0.1, 0.15) is 11.3 Å². The molecule has 5 heteroatoms. The Hall–Kier alpha value is -1.33. The molecule has 1 aromatic heterocycles. The highest BCUT2D eigenvalue weighted by molar-refractivity contribution is 7.71. The zero-order chi connectivity index (χ0) is 14.7. The molecule has 1 aromatic carbocycles. The molecular formula is C15H23N3OS. The molecule has 0 saturated carbocycles. The molecular weight excluding hydrogens is 270 g/mol. The second kappa shape index (κ2) is 6.41. The number of nitrogens with one attached hydrogen (secondary N) is 1. The Bertz CT molecular complexity index is 630. The highest BCUT2D eigenvalue weighted by atomic mass is 32.1. The summed E-state index contributed by atoms with van der Waals surface area (Å²) in [7, 11) is 2.12. The van der Waals surface area contributed by atoms with Gasteiger partial charge in [-0.25, -0.2) is 0 Å². The predicted molar refractivity (Wildman–Crippen MR) is 86.1 cm³/mol. The van der Waals surface area contributed by atoms with Gasteiger partial charge in [0.05, 0.1) is 11.6 Å². The monoisotopic (exact) mass is 293 g/mol. The first-order valence-electron chi connectivity index (χ1n) is 7.09. The van der Waals surface area contributed by atoms with Gasteiger partial charge in [0, 0.05) is 13.1 Å². The topological polar surface area (TPSA) is 33.2 Å². The summed E-state index contributed by atoms with van der Waals surface area (Å²) in [6.07, 6.45) is 0.150. The number of ether oxygens (including phenoxy) is 1. The van der Waals surface area contributed by atoms with Crippen molar-refractivity contribution in [3.63, 3.8) is 0 Å². The van der Waals surface area contributed by atoms with Crippen molar-refractivity contribution in [3.05, 3.63) is 23.0 Å².